The Morgan fingerprint density at radius 2 is 1.09 bits per heavy atom. The minimum atomic E-state index is -0.383. The van der Waals surface area contributed by atoms with Gasteiger partial charge in [0, 0.05) is 0 Å². The lowest BCUT2D eigenvalue weighted by Gasteiger charge is -2.37. The van der Waals surface area contributed by atoms with Gasteiger partial charge in [-0.05, 0) is 31.6 Å². The molecule has 0 saturated heterocycles. The van der Waals surface area contributed by atoms with Crippen molar-refractivity contribution >= 4 is 0 Å². The van der Waals surface area contributed by atoms with Crippen molar-refractivity contribution in [2.24, 2.45) is 5.92 Å². The van der Waals surface area contributed by atoms with Crippen molar-refractivity contribution in [3.63, 3.8) is 0 Å². The van der Waals surface area contributed by atoms with Crippen molar-refractivity contribution in [2.75, 3.05) is 0 Å². The molecule has 1 N–H and O–H groups in total. The van der Waals surface area contributed by atoms with Gasteiger partial charge in [-0.25, -0.2) is 0 Å². The van der Waals surface area contributed by atoms with E-state index in [0.717, 1.165) is 12.8 Å². The van der Waals surface area contributed by atoms with Gasteiger partial charge >= 0.3 is 0 Å². The van der Waals surface area contributed by atoms with Crippen LogP contribution in [0.15, 0.2) is 0 Å². The van der Waals surface area contributed by atoms with Crippen molar-refractivity contribution in [1.29, 1.82) is 0 Å². The molecular formula is C21H44O. The molecule has 1 atom stereocenters. The van der Waals surface area contributed by atoms with Gasteiger partial charge in [-0.2, -0.15) is 0 Å². The van der Waals surface area contributed by atoms with E-state index in [4.69, 9.17) is 0 Å². The fourth-order valence-electron chi connectivity index (χ4n) is 3.70. The average Bonchev–Trinajstić information content (AvgIpc) is 2.53. The third-order valence-electron chi connectivity index (χ3n) is 5.23. The first-order valence-electron chi connectivity index (χ1n) is 10.4. The Balaban J connectivity index is 4.40. The quantitative estimate of drug-likeness (QED) is 0.297. The number of hydrogen-bond acceptors (Lipinski definition) is 1. The highest BCUT2D eigenvalue weighted by Crippen LogP contribution is 2.36. The van der Waals surface area contributed by atoms with Crippen molar-refractivity contribution < 1.29 is 5.11 Å². The van der Waals surface area contributed by atoms with Crippen molar-refractivity contribution in [1.82, 2.24) is 0 Å². The molecule has 0 aliphatic heterocycles. The van der Waals surface area contributed by atoms with Gasteiger partial charge < -0.3 is 5.11 Å². The molecule has 0 heterocycles. The fourth-order valence-corrected chi connectivity index (χ4v) is 3.70. The fraction of sp³-hybridized carbons (Fsp3) is 1.00. The first kappa shape index (κ1) is 22.0. The summed E-state index contributed by atoms with van der Waals surface area (Å²) in [5, 5.41) is 11.3. The third kappa shape index (κ3) is 9.87. The molecule has 0 aromatic rings. The summed E-state index contributed by atoms with van der Waals surface area (Å²) < 4.78 is 0. The first-order chi connectivity index (χ1) is 10.6. The van der Waals surface area contributed by atoms with E-state index >= 15 is 0 Å². The van der Waals surface area contributed by atoms with Gasteiger partial charge in [0.05, 0.1) is 5.60 Å². The molecule has 0 aromatic heterocycles. The molecule has 0 spiro atoms. The molecule has 0 amide bonds. The number of rotatable bonds is 16. The second kappa shape index (κ2) is 14.5. The van der Waals surface area contributed by atoms with Gasteiger partial charge in [0.25, 0.3) is 0 Å². The SMILES string of the molecule is CCCCCCCCC(CCC)C(O)(CCCC)CCCC. The van der Waals surface area contributed by atoms with E-state index in [1.165, 1.54) is 83.5 Å². The second-order valence-electron chi connectivity index (χ2n) is 7.35. The molecule has 134 valence electrons. The van der Waals surface area contributed by atoms with Crippen LogP contribution in [0.3, 0.4) is 0 Å². The topological polar surface area (TPSA) is 20.2 Å². The molecule has 1 heteroatoms. The predicted molar refractivity (Wildman–Crippen MR) is 100 cm³/mol. The zero-order chi connectivity index (χ0) is 16.7. The number of unbranched alkanes of at least 4 members (excludes halogenated alkanes) is 7. The first-order valence-corrected chi connectivity index (χ1v) is 10.4. The van der Waals surface area contributed by atoms with E-state index < -0.39 is 0 Å². The highest BCUT2D eigenvalue weighted by atomic mass is 16.3. The molecule has 0 saturated carbocycles. The van der Waals surface area contributed by atoms with Crippen LogP contribution in [0.25, 0.3) is 0 Å². The van der Waals surface area contributed by atoms with E-state index in [1.54, 1.807) is 0 Å². The van der Waals surface area contributed by atoms with E-state index in [1.807, 2.05) is 0 Å². The number of aliphatic hydroxyl groups is 1. The van der Waals surface area contributed by atoms with Crippen LogP contribution in [0.1, 0.15) is 124 Å². The van der Waals surface area contributed by atoms with Crippen LogP contribution < -0.4 is 0 Å². The lowest BCUT2D eigenvalue weighted by molar-refractivity contribution is -0.0445. The standard InChI is InChI=1S/C21H44O/c1-5-9-12-13-14-15-17-20(16-8-4)21(22,18-10-6-2)19-11-7-3/h20,22H,5-19H2,1-4H3. The van der Waals surface area contributed by atoms with Crippen molar-refractivity contribution in [3.05, 3.63) is 0 Å². The van der Waals surface area contributed by atoms with Crippen LogP contribution in [0.5, 0.6) is 0 Å². The van der Waals surface area contributed by atoms with Crippen LogP contribution in [-0.4, -0.2) is 10.7 Å². The minimum Gasteiger partial charge on any atom is -0.390 e. The van der Waals surface area contributed by atoms with E-state index in [2.05, 4.69) is 27.7 Å². The zero-order valence-electron chi connectivity index (χ0n) is 16.1. The summed E-state index contributed by atoms with van der Waals surface area (Å²) in [6, 6.07) is 0. The third-order valence-corrected chi connectivity index (χ3v) is 5.23. The molecule has 0 aliphatic rings. The summed E-state index contributed by atoms with van der Waals surface area (Å²) in [7, 11) is 0. The second-order valence-corrected chi connectivity index (χ2v) is 7.35. The summed E-state index contributed by atoms with van der Waals surface area (Å²) in [4.78, 5) is 0. The largest absolute Gasteiger partial charge is 0.390 e. The Bertz CT molecular complexity index is 216. The van der Waals surface area contributed by atoms with E-state index in [-0.39, 0.29) is 5.60 Å². The average molecular weight is 313 g/mol. The maximum atomic E-state index is 11.3. The highest BCUT2D eigenvalue weighted by Gasteiger charge is 2.34. The minimum absolute atomic E-state index is 0.383. The van der Waals surface area contributed by atoms with Crippen LogP contribution in [0.4, 0.5) is 0 Å². The summed E-state index contributed by atoms with van der Waals surface area (Å²) in [5.74, 6) is 0.529. The van der Waals surface area contributed by atoms with Crippen LogP contribution in [0, 0.1) is 5.92 Å². The predicted octanol–water partition coefficient (Wildman–Crippen LogP) is 7.26. The van der Waals surface area contributed by atoms with Crippen LogP contribution >= 0.6 is 0 Å². The monoisotopic (exact) mass is 312 g/mol. The molecule has 0 aliphatic carbocycles. The smallest absolute Gasteiger partial charge is 0.0675 e. The molecule has 0 bridgehead atoms. The summed E-state index contributed by atoms with van der Waals surface area (Å²) >= 11 is 0. The van der Waals surface area contributed by atoms with Gasteiger partial charge in [0.2, 0.25) is 0 Å². The lowest BCUT2D eigenvalue weighted by atomic mass is 9.75. The van der Waals surface area contributed by atoms with Crippen LogP contribution in [0.2, 0.25) is 0 Å². The Kier molecular flexibility index (Phi) is 14.5. The van der Waals surface area contributed by atoms with E-state index in [9.17, 15) is 5.11 Å². The number of hydrogen-bond donors (Lipinski definition) is 1. The molecule has 0 radical (unpaired) electrons. The Morgan fingerprint density at radius 3 is 1.59 bits per heavy atom. The normalized spacial score (nSPS) is 13.5. The van der Waals surface area contributed by atoms with Gasteiger partial charge in [-0.3, -0.25) is 0 Å². The van der Waals surface area contributed by atoms with Crippen molar-refractivity contribution in [3.8, 4) is 0 Å². The summed E-state index contributed by atoms with van der Waals surface area (Å²) in [6.07, 6.45) is 18.6. The molecule has 0 rings (SSSR count). The van der Waals surface area contributed by atoms with Gasteiger partial charge in [0.1, 0.15) is 0 Å². The summed E-state index contributed by atoms with van der Waals surface area (Å²) in [5.41, 5.74) is -0.383. The van der Waals surface area contributed by atoms with Gasteiger partial charge in [0.15, 0.2) is 0 Å². The maximum Gasteiger partial charge on any atom is 0.0675 e. The molecule has 22 heavy (non-hydrogen) atoms. The van der Waals surface area contributed by atoms with Gasteiger partial charge in [-0.1, -0.05) is 98.3 Å². The molecular weight excluding hydrogens is 268 g/mol. The Labute approximate surface area is 141 Å². The molecule has 0 aromatic carbocycles. The Morgan fingerprint density at radius 1 is 0.591 bits per heavy atom. The molecule has 1 unspecified atom stereocenters. The van der Waals surface area contributed by atoms with Crippen molar-refractivity contribution in [2.45, 2.75) is 130 Å². The maximum absolute atomic E-state index is 11.3. The summed E-state index contributed by atoms with van der Waals surface area (Å²) in [6.45, 7) is 9.03. The van der Waals surface area contributed by atoms with Gasteiger partial charge in [-0.15, -0.1) is 0 Å². The molecule has 0 fully saturated rings. The molecule has 1 nitrogen and oxygen atoms in total. The van der Waals surface area contributed by atoms with Crippen LogP contribution in [-0.2, 0) is 0 Å². The lowest BCUT2D eigenvalue weighted by Crippen LogP contribution is -2.38. The van der Waals surface area contributed by atoms with E-state index in [0.29, 0.717) is 5.92 Å². The zero-order valence-corrected chi connectivity index (χ0v) is 16.1. The Hall–Kier alpha value is -0.0400. The highest BCUT2D eigenvalue weighted by molar-refractivity contribution is 4.86.